The SMILES string of the molecule is O=C(NN=C(Cc1ccccc1)Cc1ccccc1)[C@@H]1COc2ccccc2O1. The van der Waals surface area contributed by atoms with Crippen molar-refractivity contribution in [1.82, 2.24) is 5.43 Å². The first kappa shape index (κ1) is 18.7. The van der Waals surface area contributed by atoms with Crippen LogP contribution >= 0.6 is 0 Å². The molecule has 5 heteroatoms. The minimum atomic E-state index is -0.733. The summed E-state index contributed by atoms with van der Waals surface area (Å²) >= 11 is 0. The minimum Gasteiger partial charge on any atom is -0.485 e. The van der Waals surface area contributed by atoms with Gasteiger partial charge in [0.1, 0.15) is 6.61 Å². The molecule has 4 rings (SSSR count). The van der Waals surface area contributed by atoms with E-state index in [0.717, 1.165) is 16.8 Å². The second-order valence-corrected chi connectivity index (χ2v) is 6.84. The lowest BCUT2D eigenvalue weighted by Gasteiger charge is -2.25. The van der Waals surface area contributed by atoms with E-state index in [4.69, 9.17) is 9.47 Å². The number of hydrazone groups is 1. The first-order chi connectivity index (χ1) is 14.3. The number of nitrogens with one attached hydrogen (secondary N) is 1. The molecule has 0 saturated carbocycles. The number of fused-ring (bicyclic) bond motifs is 1. The van der Waals surface area contributed by atoms with Crippen LogP contribution in [0.4, 0.5) is 0 Å². The third kappa shape index (κ3) is 5.02. The molecular formula is C24H22N2O3. The maximum absolute atomic E-state index is 12.6. The van der Waals surface area contributed by atoms with Crippen LogP contribution < -0.4 is 14.9 Å². The summed E-state index contributed by atoms with van der Waals surface area (Å²) in [4.78, 5) is 12.6. The number of nitrogens with zero attached hydrogens (tertiary/aromatic N) is 1. The molecule has 0 radical (unpaired) electrons. The maximum Gasteiger partial charge on any atom is 0.284 e. The van der Waals surface area contributed by atoms with Gasteiger partial charge < -0.3 is 9.47 Å². The summed E-state index contributed by atoms with van der Waals surface area (Å²) in [5, 5.41) is 4.43. The highest BCUT2D eigenvalue weighted by Gasteiger charge is 2.27. The fourth-order valence-electron chi connectivity index (χ4n) is 3.16. The van der Waals surface area contributed by atoms with Crippen LogP contribution in [0.15, 0.2) is 90.0 Å². The van der Waals surface area contributed by atoms with E-state index in [2.05, 4.69) is 34.8 Å². The van der Waals surface area contributed by atoms with Gasteiger partial charge >= 0.3 is 0 Å². The quantitative estimate of drug-likeness (QED) is 0.518. The van der Waals surface area contributed by atoms with Gasteiger partial charge in [0, 0.05) is 18.6 Å². The summed E-state index contributed by atoms with van der Waals surface area (Å²) in [6, 6.07) is 27.5. The van der Waals surface area contributed by atoms with E-state index in [9.17, 15) is 4.79 Å². The van der Waals surface area contributed by atoms with Gasteiger partial charge in [0.2, 0.25) is 6.10 Å². The predicted molar refractivity (Wildman–Crippen MR) is 112 cm³/mol. The molecule has 0 bridgehead atoms. The molecule has 1 amide bonds. The molecule has 0 aromatic heterocycles. The zero-order chi connectivity index (χ0) is 19.9. The van der Waals surface area contributed by atoms with Crippen LogP contribution in [-0.2, 0) is 17.6 Å². The fraction of sp³-hybridized carbons (Fsp3) is 0.167. The Balaban J connectivity index is 1.46. The van der Waals surface area contributed by atoms with Gasteiger partial charge in [-0.1, -0.05) is 72.8 Å². The molecule has 0 aliphatic carbocycles. The van der Waals surface area contributed by atoms with Gasteiger partial charge in [-0.3, -0.25) is 4.79 Å². The van der Waals surface area contributed by atoms with E-state index in [-0.39, 0.29) is 12.5 Å². The number of carbonyl (C=O) groups excluding carboxylic acids is 1. The highest BCUT2D eigenvalue weighted by molar-refractivity contribution is 5.90. The van der Waals surface area contributed by atoms with Crippen LogP contribution in [-0.4, -0.2) is 24.3 Å². The Morgan fingerprint density at radius 3 is 2.00 bits per heavy atom. The molecule has 146 valence electrons. The van der Waals surface area contributed by atoms with E-state index < -0.39 is 6.10 Å². The zero-order valence-electron chi connectivity index (χ0n) is 16.0. The molecule has 29 heavy (non-hydrogen) atoms. The molecular weight excluding hydrogens is 364 g/mol. The minimum absolute atomic E-state index is 0.158. The van der Waals surface area contributed by atoms with Crippen LogP contribution in [0.5, 0.6) is 11.5 Å². The number of ether oxygens (including phenoxy) is 2. The number of hydrogen-bond acceptors (Lipinski definition) is 4. The molecule has 1 aliphatic rings. The van der Waals surface area contributed by atoms with Crippen molar-refractivity contribution in [2.75, 3.05) is 6.61 Å². The van der Waals surface area contributed by atoms with Crippen molar-refractivity contribution in [3.8, 4) is 11.5 Å². The summed E-state index contributed by atoms with van der Waals surface area (Å²) < 4.78 is 11.4. The van der Waals surface area contributed by atoms with Gasteiger partial charge in [-0.05, 0) is 23.3 Å². The van der Waals surface area contributed by atoms with Gasteiger partial charge in [0.15, 0.2) is 11.5 Å². The van der Waals surface area contributed by atoms with Gasteiger partial charge in [0.25, 0.3) is 5.91 Å². The Hall–Kier alpha value is -3.60. The Morgan fingerprint density at radius 2 is 1.38 bits per heavy atom. The van der Waals surface area contributed by atoms with Gasteiger partial charge in [-0.15, -0.1) is 0 Å². The van der Waals surface area contributed by atoms with E-state index in [1.165, 1.54) is 0 Å². The second kappa shape index (κ2) is 9.06. The molecule has 0 unspecified atom stereocenters. The Kier molecular flexibility index (Phi) is 5.86. The van der Waals surface area contributed by atoms with Crippen molar-refractivity contribution >= 4 is 11.6 Å². The molecule has 0 saturated heterocycles. The Bertz CT molecular complexity index is 944. The molecule has 3 aromatic rings. The third-order valence-electron chi connectivity index (χ3n) is 4.63. The summed E-state index contributed by atoms with van der Waals surface area (Å²) in [7, 11) is 0. The molecule has 0 spiro atoms. The Morgan fingerprint density at radius 1 is 0.828 bits per heavy atom. The lowest BCUT2D eigenvalue weighted by atomic mass is 10.0. The van der Waals surface area contributed by atoms with Crippen LogP contribution in [0.1, 0.15) is 11.1 Å². The molecule has 3 aromatic carbocycles. The van der Waals surface area contributed by atoms with Crippen molar-refractivity contribution < 1.29 is 14.3 Å². The number of amides is 1. The van der Waals surface area contributed by atoms with Crippen molar-refractivity contribution in [2.45, 2.75) is 18.9 Å². The number of carbonyl (C=O) groups is 1. The Labute approximate surface area is 170 Å². The van der Waals surface area contributed by atoms with E-state index in [0.29, 0.717) is 24.3 Å². The van der Waals surface area contributed by atoms with Crippen molar-refractivity contribution in [2.24, 2.45) is 5.10 Å². The normalized spacial score (nSPS) is 14.7. The third-order valence-corrected chi connectivity index (χ3v) is 4.63. The maximum atomic E-state index is 12.6. The highest BCUT2D eigenvalue weighted by Crippen LogP contribution is 2.30. The largest absolute Gasteiger partial charge is 0.485 e. The average molecular weight is 386 g/mol. The number of benzene rings is 3. The van der Waals surface area contributed by atoms with Gasteiger partial charge in [-0.2, -0.15) is 5.10 Å². The van der Waals surface area contributed by atoms with E-state index >= 15 is 0 Å². The number of hydrogen-bond donors (Lipinski definition) is 1. The highest BCUT2D eigenvalue weighted by atomic mass is 16.6. The first-order valence-corrected chi connectivity index (χ1v) is 9.59. The van der Waals surface area contributed by atoms with Crippen LogP contribution in [0.25, 0.3) is 0 Å². The number of rotatable bonds is 6. The molecule has 1 atom stereocenters. The van der Waals surface area contributed by atoms with Crippen molar-refractivity contribution in [1.29, 1.82) is 0 Å². The van der Waals surface area contributed by atoms with Crippen LogP contribution in [0.2, 0.25) is 0 Å². The molecule has 0 fully saturated rings. The van der Waals surface area contributed by atoms with E-state index in [1.807, 2.05) is 54.6 Å². The zero-order valence-corrected chi connectivity index (χ0v) is 16.0. The van der Waals surface area contributed by atoms with Crippen molar-refractivity contribution in [3.05, 3.63) is 96.1 Å². The molecule has 5 nitrogen and oxygen atoms in total. The van der Waals surface area contributed by atoms with Crippen LogP contribution in [0.3, 0.4) is 0 Å². The average Bonchev–Trinajstić information content (AvgIpc) is 2.78. The van der Waals surface area contributed by atoms with Crippen molar-refractivity contribution in [3.63, 3.8) is 0 Å². The summed E-state index contributed by atoms with van der Waals surface area (Å²) in [6.45, 7) is 0.158. The summed E-state index contributed by atoms with van der Waals surface area (Å²) in [5.74, 6) is 0.892. The topological polar surface area (TPSA) is 59.9 Å². The number of para-hydroxylation sites is 2. The van der Waals surface area contributed by atoms with Crippen LogP contribution in [0, 0.1) is 0 Å². The van der Waals surface area contributed by atoms with Gasteiger partial charge in [0.05, 0.1) is 0 Å². The summed E-state index contributed by atoms with van der Waals surface area (Å²) in [5.41, 5.74) is 5.82. The lowest BCUT2D eigenvalue weighted by molar-refractivity contribution is -0.130. The molecule has 1 heterocycles. The predicted octanol–water partition coefficient (Wildman–Crippen LogP) is 3.78. The van der Waals surface area contributed by atoms with E-state index in [1.54, 1.807) is 6.07 Å². The smallest absolute Gasteiger partial charge is 0.284 e. The standard InChI is InChI=1S/C24H22N2O3/c27-24(23-17-28-21-13-7-8-14-22(21)29-23)26-25-20(15-18-9-3-1-4-10-18)16-19-11-5-2-6-12-19/h1-14,23H,15-17H2,(H,26,27)/t23-/m0/s1. The fourth-order valence-corrected chi connectivity index (χ4v) is 3.16. The first-order valence-electron chi connectivity index (χ1n) is 9.59. The molecule has 1 aliphatic heterocycles. The lowest BCUT2D eigenvalue weighted by Crippen LogP contribution is -2.42. The summed E-state index contributed by atoms with van der Waals surface area (Å²) in [6.07, 6.45) is 0.574. The monoisotopic (exact) mass is 386 g/mol. The second-order valence-electron chi connectivity index (χ2n) is 6.84. The molecule has 1 N–H and O–H groups in total. The van der Waals surface area contributed by atoms with Gasteiger partial charge in [-0.25, -0.2) is 5.43 Å².